The number of sulfonamides is 1. The zero-order valence-electron chi connectivity index (χ0n) is 21.7. The summed E-state index contributed by atoms with van der Waals surface area (Å²) in [5.74, 6) is -0.725. The van der Waals surface area contributed by atoms with Crippen LogP contribution in [0.4, 0.5) is 0 Å². The fourth-order valence-corrected chi connectivity index (χ4v) is 7.28. The Morgan fingerprint density at radius 2 is 1.81 bits per heavy atom. The molecule has 200 valence electrons. The molecule has 2 aromatic rings. The Balaban J connectivity index is 1.31. The van der Waals surface area contributed by atoms with Crippen LogP contribution in [0.5, 0.6) is 0 Å². The third-order valence-electron chi connectivity index (χ3n) is 7.66. The highest BCUT2D eigenvalue weighted by atomic mass is 32.2. The molecule has 1 amide bonds. The summed E-state index contributed by atoms with van der Waals surface area (Å²) < 4.78 is 45.9. The highest BCUT2D eigenvalue weighted by Crippen LogP contribution is 2.34. The van der Waals surface area contributed by atoms with Gasteiger partial charge in [-0.3, -0.25) is 4.79 Å². The van der Waals surface area contributed by atoms with Crippen molar-refractivity contribution in [1.82, 2.24) is 14.4 Å². The molecular weight excluding hydrogens is 494 g/mol. The first kappa shape index (κ1) is 26.1. The summed E-state index contributed by atoms with van der Waals surface area (Å²) in [6, 6.07) is 6.10. The van der Waals surface area contributed by atoms with Crippen LogP contribution in [0.3, 0.4) is 0 Å². The molecule has 3 aliphatic rings. The predicted octanol–water partition coefficient (Wildman–Crippen LogP) is 3.54. The van der Waals surface area contributed by atoms with E-state index in [0.717, 1.165) is 16.7 Å². The molecule has 37 heavy (non-hydrogen) atoms. The summed E-state index contributed by atoms with van der Waals surface area (Å²) >= 11 is 0. The summed E-state index contributed by atoms with van der Waals surface area (Å²) in [6.07, 6.45) is 6.09. The number of amides is 1. The number of carbonyl (C=O) groups is 1. The van der Waals surface area contributed by atoms with Gasteiger partial charge in [0.05, 0.1) is 19.1 Å². The van der Waals surface area contributed by atoms with Crippen molar-refractivity contribution in [2.75, 3.05) is 39.4 Å². The molecule has 0 aliphatic carbocycles. The maximum absolute atomic E-state index is 13.8. The Hall–Kier alpha value is -2.53. The zero-order valence-corrected chi connectivity index (χ0v) is 22.6. The molecule has 0 unspecified atom stereocenters. The van der Waals surface area contributed by atoms with E-state index in [9.17, 15) is 13.2 Å². The molecule has 0 N–H and O–H groups in total. The second-order valence-corrected chi connectivity index (χ2v) is 12.2. The predicted molar refractivity (Wildman–Crippen MR) is 138 cm³/mol. The quantitative estimate of drug-likeness (QED) is 0.584. The van der Waals surface area contributed by atoms with Gasteiger partial charge in [0.15, 0.2) is 16.4 Å². The molecular formula is C27H35N3O6S. The summed E-state index contributed by atoms with van der Waals surface area (Å²) in [4.78, 5) is 15.2. The number of piperidine rings is 2. The molecule has 0 radical (unpaired) electrons. The van der Waals surface area contributed by atoms with Crippen molar-refractivity contribution in [3.63, 3.8) is 0 Å². The van der Waals surface area contributed by atoms with Crippen molar-refractivity contribution in [2.24, 2.45) is 5.92 Å². The molecule has 1 atom stereocenters. The number of ether oxygens (including phenoxy) is 2. The number of aromatic nitrogens is 1. The number of benzene rings is 1. The fraction of sp³-hybridized carbons (Fsp3) is 0.556. The lowest BCUT2D eigenvalue weighted by Crippen LogP contribution is -2.51. The maximum atomic E-state index is 13.8. The maximum Gasteiger partial charge on any atom is 0.248 e. The minimum Gasteiger partial charge on any atom is -0.355 e. The minimum atomic E-state index is -3.90. The molecule has 10 heteroatoms. The first-order valence-electron chi connectivity index (χ1n) is 13.0. The van der Waals surface area contributed by atoms with Crippen molar-refractivity contribution in [3.05, 3.63) is 46.3 Å². The molecule has 1 spiro atoms. The second kappa shape index (κ2) is 10.3. The Morgan fingerprint density at radius 1 is 1.08 bits per heavy atom. The van der Waals surface area contributed by atoms with Crippen LogP contribution < -0.4 is 0 Å². The van der Waals surface area contributed by atoms with E-state index in [2.05, 4.69) is 5.16 Å². The van der Waals surface area contributed by atoms with Gasteiger partial charge in [0.1, 0.15) is 5.69 Å². The summed E-state index contributed by atoms with van der Waals surface area (Å²) in [7, 11) is -3.90. The van der Waals surface area contributed by atoms with Gasteiger partial charge in [-0.1, -0.05) is 35.0 Å². The Morgan fingerprint density at radius 3 is 2.54 bits per heavy atom. The van der Waals surface area contributed by atoms with Crippen LogP contribution in [0.15, 0.2) is 27.6 Å². The SMILES string of the molecule is Cc1ccc(C)c(/C=C/c2onc(C)c2S(=O)(=O)N2CCC[C@@H](C(=O)N3CCC4(CC3)OCCO4)C2)c1. The van der Waals surface area contributed by atoms with E-state index in [1.54, 1.807) is 13.0 Å². The van der Waals surface area contributed by atoms with E-state index in [-0.39, 0.29) is 29.0 Å². The molecule has 9 nitrogen and oxygen atoms in total. The number of aryl methyl sites for hydroxylation is 3. The molecule has 0 saturated carbocycles. The lowest BCUT2D eigenvalue weighted by molar-refractivity contribution is -0.188. The lowest BCUT2D eigenvalue weighted by Gasteiger charge is -2.40. The van der Waals surface area contributed by atoms with E-state index in [0.29, 0.717) is 64.2 Å². The van der Waals surface area contributed by atoms with Crippen molar-refractivity contribution in [2.45, 2.75) is 57.1 Å². The van der Waals surface area contributed by atoms with Crippen molar-refractivity contribution >= 4 is 28.1 Å². The molecule has 3 aliphatic heterocycles. The van der Waals surface area contributed by atoms with E-state index in [1.165, 1.54) is 4.31 Å². The topological polar surface area (TPSA) is 102 Å². The standard InChI is InChI=1S/C27H35N3O6S/c1-19-6-7-20(2)22(17-19)8-9-24-25(21(3)28-36-24)37(32,33)30-12-4-5-23(18-30)26(31)29-13-10-27(11-14-29)34-15-16-35-27/h6-9,17,23H,4-5,10-16,18H2,1-3H3/b9-8+/t23-/m1/s1. The van der Waals surface area contributed by atoms with Gasteiger partial charge in [0, 0.05) is 39.0 Å². The summed E-state index contributed by atoms with van der Waals surface area (Å²) in [5.41, 5.74) is 3.49. The summed E-state index contributed by atoms with van der Waals surface area (Å²) in [6.45, 7) is 8.46. The Bertz CT molecular complexity index is 1290. The van der Waals surface area contributed by atoms with Crippen LogP contribution in [0, 0.1) is 26.7 Å². The smallest absolute Gasteiger partial charge is 0.248 e. The van der Waals surface area contributed by atoms with E-state index in [1.807, 2.05) is 43.0 Å². The minimum absolute atomic E-state index is 0.00447. The van der Waals surface area contributed by atoms with Crippen LogP contribution in [0.2, 0.25) is 0 Å². The fourth-order valence-electron chi connectivity index (χ4n) is 5.51. The van der Waals surface area contributed by atoms with Gasteiger partial charge in [-0.2, -0.15) is 4.31 Å². The molecule has 1 aromatic carbocycles. The van der Waals surface area contributed by atoms with E-state index < -0.39 is 15.8 Å². The number of rotatable bonds is 5. The Kier molecular flexibility index (Phi) is 7.28. The first-order valence-corrected chi connectivity index (χ1v) is 14.4. The Labute approximate surface area is 218 Å². The number of hydrogen-bond acceptors (Lipinski definition) is 7. The normalized spacial score (nSPS) is 22.8. The van der Waals surface area contributed by atoms with Crippen LogP contribution in [0.1, 0.15) is 53.8 Å². The van der Waals surface area contributed by atoms with Gasteiger partial charge in [-0.05, 0) is 50.8 Å². The van der Waals surface area contributed by atoms with Gasteiger partial charge >= 0.3 is 0 Å². The third-order valence-corrected chi connectivity index (χ3v) is 9.69. The van der Waals surface area contributed by atoms with Crippen LogP contribution in [-0.2, 0) is 24.3 Å². The first-order chi connectivity index (χ1) is 17.7. The van der Waals surface area contributed by atoms with E-state index >= 15 is 0 Å². The van der Waals surface area contributed by atoms with Crippen molar-refractivity contribution in [3.8, 4) is 0 Å². The molecule has 0 bridgehead atoms. The summed E-state index contributed by atoms with van der Waals surface area (Å²) in [5, 5.41) is 3.96. The van der Waals surface area contributed by atoms with Gasteiger partial charge in [0.2, 0.25) is 15.9 Å². The van der Waals surface area contributed by atoms with Gasteiger partial charge < -0.3 is 18.9 Å². The van der Waals surface area contributed by atoms with Crippen LogP contribution >= 0.6 is 0 Å². The number of hydrogen-bond donors (Lipinski definition) is 0. The van der Waals surface area contributed by atoms with Crippen molar-refractivity contribution in [1.29, 1.82) is 0 Å². The lowest BCUT2D eigenvalue weighted by atomic mass is 9.96. The van der Waals surface area contributed by atoms with Gasteiger partial charge in [-0.15, -0.1) is 0 Å². The van der Waals surface area contributed by atoms with Crippen LogP contribution in [0.25, 0.3) is 12.2 Å². The number of nitrogens with zero attached hydrogens (tertiary/aromatic N) is 3. The molecule has 3 saturated heterocycles. The zero-order chi connectivity index (χ0) is 26.2. The average Bonchev–Trinajstić information content (AvgIpc) is 3.51. The van der Waals surface area contributed by atoms with Gasteiger partial charge in [0.25, 0.3) is 0 Å². The average molecular weight is 530 g/mol. The van der Waals surface area contributed by atoms with Crippen LogP contribution in [-0.4, -0.2) is 73.9 Å². The molecule has 5 rings (SSSR count). The number of likely N-dealkylation sites (tertiary alicyclic amines) is 1. The molecule has 4 heterocycles. The number of carbonyl (C=O) groups excluding carboxylic acids is 1. The van der Waals surface area contributed by atoms with E-state index in [4.69, 9.17) is 14.0 Å². The highest BCUT2D eigenvalue weighted by Gasteiger charge is 2.43. The van der Waals surface area contributed by atoms with Crippen molar-refractivity contribution < 1.29 is 27.2 Å². The monoisotopic (exact) mass is 529 g/mol. The largest absolute Gasteiger partial charge is 0.355 e. The third kappa shape index (κ3) is 5.25. The molecule has 1 aromatic heterocycles. The second-order valence-electron chi connectivity index (χ2n) is 10.3. The highest BCUT2D eigenvalue weighted by molar-refractivity contribution is 7.89. The van der Waals surface area contributed by atoms with Gasteiger partial charge in [-0.25, -0.2) is 8.42 Å². The molecule has 3 fully saturated rings.